The maximum absolute atomic E-state index is 11.5. The Labute approximate surface area is 86.9 Å². The molecule has 1 saturated heterocycles. The third kappa shape index (κ3) is 2.68. The van der Waals surface area contributed by atoms with Gasteiger partial charge in [0.15, 0.2) is 0 Å². The zero-order chi connectivity index (χ0) is 10.8. The molecule has 0 aromatic heterocycles. The quantitative estimate of drug-likeness (QED) is 0.689. The molecule has 0 spiro atoms. The van der Waals surface area contributed by atoms with Crippen LogP contribution in [-0.2, 0) is 10.0 Å². The molecule has 5 heteroatoms. The zero-order valence-corrected chi connectivity index (χ0v) is 10.0. The van der Waals surface area contributed by atoms with Gasteiger partial charge in [-0.1, -0.05) is 0 Å². The Kier molecular flexibility index (Phi) is 3.92. The Balaban J connectivity index is 2.52. The largest absolute Gasteiger partial charge is 0.306 e. The maximum atomic E-state index is 11.5. The highest BCUT2D eigenvalue weighted by Crippen LogP contribution is 2.16. The van der Waals surface area contributed by atoms with Gasteiger partial charge in [0.2, 0.25) is 10.0 Å². The molecule has 0 unspecified atom stereocenters. The summed E-state index contributed by atoms with van der Waals surface area (Å²) in [6.45, 7) is 3.06. The van der Waals surface area contributed by atoms with Crippen LogP contribution in [-0.4, -0.2) is 56.6 Å². The predicted octanol–water partition coefficient (Wildman–Crippen LogP) is 0.362. The van der Waals surface area contributed by atoms with Crippen molar-refractivity contribution in [3.05, 3.63) is 0 Å². The molecule has 0 radical (unpaired) electrons. The molecule has 84 valence electrons. The summed E-state index contributed by atoms with van der Waals surface area (Å²) in [4.78, 5) is 2.18. The molecule has 0 saturated carbocycles. The standard InChI is InChI=1S/C9H20N2O2S/c1-4-14(12,13)11-7-5-9(6-8-11)10(2)3/h9H,4-8H2,1-3H3. The number of hydrogen-bond acceptors (Lipinski definition) is 3. The molecule has 1 heterocycles. The first-order chi connectivity index (χ1) is 6.47. The van der Waals surface area contributed by atoms with E-state index in [4.69, 9.17) is 0 Å². The fourth-order valence-electron chi connectivity index (χ4n) is 1.82. The lowest BCUT2D eigenvalue weighted by Crippen LogP contribution is -2.44. The maximum Gasteiger partial charge on any atom is 0.213 e. The van der Waals surface area contributed by atoms with E-state index in [1.807, 2.05) is 0 Å². The highest BCUT2D eigenvalue weighted by molar-refractivity contribution is 7.89. The van der Waals surface area contributed by atoms with Gasteiger partial charge in [0.25, 0.3) is 0 Å². The lowest BCUT2D eigenvalue weighted by molar-refractivity contribution is 0.196. The topological polar surface area (TPSA) is 40.6 Å². The third-order valence-electron chi connectivity index (χ3n) is 2.91. The Morgan fingerprint density at radius 2 is 1.79 bits per heavy atom. The molecular formula is C9H20N2O2S. The molecule has 0 bridgehead atoms. The summed E-state index contributed by atoms with van der Waals surface area (Å²) >= 11 is 0. The van der Waals surface area contributed by atoms with Gasteiger partial charge in [0, 0.05) is 19.1 Å². The van der Waals surface area contributed by atoms with Crippen LogP contribution in [0.5, 0.6) is 0 Å². The monoisotopic (exact) mass is 220 g/mol. The van der Waals surface area contributed by atoms with Crippen molar-refractivity contribution in [1.82, 2.24) is 9.21 Å². The summed E-state index contributed by atoms with van der Waals surface area (Å²) in [6.07, 6.45) is 1.90. The molecule has 14 heavy (non-hydrogen) atoms. The van der Waals surface area contributed by atoms with Crippen LogP contribution in [0, 0.1) is 0 Å². The van der Waals surface area contributed by atoms with Gasteiger partial charge in [-0.2, -0.15) is 0 Å². The second-order valence-corrected chi connectivity index (χ2v) is 6.25. The second-order valence-electron chi connectivity index (χ2n) is 3.99. The Hall–Kier alpha value is -0.130. The Bertz CT molecular complexity index is 267. The number of sulfonamides is 1. The molecular weight excluding hydrogens is 200 g/mol. The van der Waals surface area contributed by atoms with Gasteiger partial charge in [-0.05, 0) is 33.9 Å². The average molecular weight is 220 g/mol. The Morgan fingerprint density at radius 1 is 1.29 bits per heavy atom. The van der Waals surface area contributed by atoms with Crippen molar-refractivity contribution in [2.75, 3.05) is 32.9 Å². The smallest absolute Gasteiger partial charge is 0.213 e. The summed E-state index contributed by atoms with van der Waals surface area (Å²) in [5.41, 5.74) is 0. The zero-order valence-electron chi connectivity index (χ0n) is 9.23. The van der Waals surface area contributed by atoms with Crippen LogP contribution in [0.15, 0.2) is 0 Å². The first-order valence-corrected chi connectivity index (χ1v) is 6.72. The van der Waals surface area contributed by atoms with E-state index >= 15 is 0 Å². The van der Waals surface area contributed by atoms with Crippen LogP contribution in [0.4, 0.5) is 0 Å². The molecule has 1 aliphatic heterocycles. The summed E-state index contributed by atoms with van der Waals surface area (Å²) in [5, 5.41) is 0. The van der Waals surface area contributed by atoms with Gasteiger partial charge >= 0.3 is 0 Å². The van der Waals surface area contributed by atoms with Crippen molar-refractivity contribution in [2.45, 2.75) is 25.8 Å². The van der Waals surface area contributed by atoms with Crippen molar-refractivity contribution in [2.24, 2.45) is 0 Å². The minimum Gasteiger partial charge on any atom is -0.306 e. The van der Waals surface area contributed by atoms with Gasteiger partial charge in [-0.3, -0.25) is 0 Å². The first-order valence-electron chi connectivity index (χ1n) is 5.11. The fourth-order valence-corrected chi connectivity index (χ4v) is 2.95. The van der Waals surface area contributed by atoms with E-state index in [0.717, 1.165) is 12.8 Å². The van der Waals surface area contributed by atoms with Gasteiger partial charge in [0.05, 0.1) is 5.75 Å². The number of rotatable bonds is 3. The van der Waals surface area contributed by atoms with Crippen LogP contribution < -0.4 is 0 Å². The van der Waals surface area contributed by atoms with Crippen molar-refractivity contribution in [3.63, 3.8) is 0 Å². The van der Waals surface area contributed by atoms with Gasteiger partial charge in [-0.15, -0.1) is 0 Å². The van der Waals surface area contributed by atoms with E-state index in [1.165, 1.54) is 0 Å². The first kappa shape index (κ1) is 11.9. The van der Waals surface area contributed by atoms with E-state index in [1.54, 1.807) is 11.2 Å². The van der Waals surface area contributed by atoms with Crippen LogP contribution in [0.2, 0.25) is 0 Å². The van der Waals surface area contributed by atoms with Crippen molar-refractivity contribution >= 4 is 10.0 Å². The number of piperidine rings is 1. The van der Waals surface area contributed by atoms with E-state index in [2.05, 4.69) is 19.0 Å². The van der Waals surface area contributed by atoms with Crippen molar-refractivity contribution in [3.8, 4) is 0 Å². The molecule has 1 rings (SSSR count). The molecule has 0 aliphatic carbocycles. The molecule has 0 atom stereocenters. The van der Waals surface area contributed by atoms with Crippen LogP contribution in [0.3, 0.4) is 0 Å². The van der Waals surface area contributed by atoms with E-state index < -0.39 is 10.0 Å². The van der Waals surface area contributed by atoms with Crippen LogP contribution in [0.1, 0.15) is 19.8 Å². The van der Waals surface area contributed by atoms with Gasteiger partial charge in [-0.25, -0.2) is 12.7 Å². The van der Waals surface area contributed by atoms with Gasteiger partial charge in [0.1, 0.15) is 0 Å². The lowest BCUT2D eigenvalue weighted by atomic mass is 10.1. The van der Waals surface area contributed by atoms with Gasteiger partial charge < -0.3 is 4.90 Å². The minimum atomic E-state index is -2.96. The highest BCUT2D eigenvalue weighted by Gasteiger charge is 2.27. The molecule has 4 nitrogen and oxygen atoms in total. The van der Waals surface area contributed by atoms with E-state index in [-0.39, 0.29) is 5.75 Å². The fraction of sp³-hybridized carbons (Fsp3) is 1.00. The predicted molar refractivity (Wildman–Crippen MR) is 57.7 cm³/mol. The summed E-state index contributed by atoms with van der Waals surface area (Å²) in [7, 11) is 1.14. The third-order valence-corrected chi connectivity index (χ3v) is 4.79. The minimum absolute atomic E-state index is 0.222. The molecule has 0 aromatic carbocycles. The van der Waals surface area contributed by atoms with Crippen LogP contribution >= 0.6 is 0 Å². The Morgan fingerprint density at radius 3 is 2.14 bits per heavy atom. The SMILES string of the molecule is CCS(=O)(=O)N1CCC(N(C)C)CC1. The second kappa shape index (κ2) is 4.59. The molecule has 1 aliphatic rings. The molecule has 1 fully saturated rings. The summed E-state index contributed by atoms with van der Waals surface area (Å²) < 4.78 is 24.7. The summed E-state index contributed by atoms with van der Waals surface area (Å²) in [5.74, 6) is 0.222. The van der Waals surface area contributed by atoms with E-state index in [0.29, 0.717) is 19.1 Å². The van der Waals surface area contributed by atoms with Crippen molar-refractivity contribution in [1.29, 1.82) is 0 Å². The molecule has 0 N–H and O–H groups in total. The molecule has 0 aromatic rings. The van der Waals surface area contributed by atoms with E-state index in [9.17, 15) is 8.42 Å². The molecule has 0 amide bonds. The summed E-state index contributed by atoms with van der Waals surface area (Å²) in [6, 6.07) is 0.540. The average Bonchev–Trinajstić information content (AvgIpc) is 2.18. The highest BCUT2D eigenvalue weighted by atomic mass is 32.2. The van der Waals surface area contributed by atoms with Crippen LogP contribution in [0.25, 0.3) is 0 Å². The van der Waals surface area contributed by atoms with Crippen molar-refractivity contribution < 1.29 is 8.42 Å². The number of nitrogens with zero attached hydrogens (tertiary/aromatic N) is 2. The normalized spacial score (nSPS) is 21.7. The number of hydrogen-bond donors (Lipinski definition) is 0. The lowest BCUT2D eigenvalue weighted by Gasteiger charge is -2.34.